The maximum atomic E-state index is 13.1. The molecule has 2 aromatic rings. The fourth-order valence-corrected chi connectivity index (χ4v) is 3.59. The average Bonchev–Trinajstić information content (AvgIpc) is 3.10. The first-order valence-corrected chi connectivity index (χ1v) is 8.48. The van der Waals surface area contributed by atoms with Gasteiger partial charge in [0.1, 0.15) is 5.69 Å². The van der Waals surface area contributed by atoms with E-state index in [1.54, 1.807) is 18.2 Å². The average molecular weight is 363 g/mol. The highest BCUT2D eigenvalue weighted by atomic mass is 19.4. The Hall–Kier alpha value is -2.57. The van der Waals surface area contributed by atoms with Gasteiger partial charge in [0.05, 0.1) is 5.56 Å². The molecule has 1 aromatic carbocycles. The summed E-state index contributed by atoms with van der Waals surface area (Å²) in [4.78, 5) is 15.1. The molecule has 1 aliphatic rings. The summed E-state index contributed by atoms with van der Waals surface area (Å²) in [6.07, 6.45) is 0.699. The van der Waals surface area contributed by atoms with Gasteiger partial charge >= 0.3 is 6.18 Å². The topological polar surface area (TPSA) is 68.0 Å². The van der Waals surface area contributed by atoms with E-state index in [-0.39, 0.29) is 11.1 Å². The smallest absolute Gasteiger partial charge is 0.384 e. The Bertz CT molecular complexity index is 799. The Balaban J connectivity index is 1.85. The molecule has 1 heterocycles. The molecule has 26 heavy (non-hydrogen) atoms. The van der Waals surface area contributed by atoms with Crippen molar-refractivity contribution >= 4 is 11.6 Å². The van der Waals surface area contributed by atoms with Gasteiger partial charge in [-0.3, -0.25) is 9.78 Å². The van der Waals surface area contributed by atoms with Gasteiger partial charge < -0.3 is 11.1 Å². The number of hydrogen-bond donors (Lipinski definition) is 2. The van der Waals surface area contributed by atoms with Crippen LogP contribution in [-0.4, -0.2) is 17.4 Å². The first-order valence-electron chi connectivity index (χ1n) is 8.48. The lowest BCUT2D eigenvalue weighted by Gasteiger charge is -2.31. The molecule has 1 fully saturated rings. The number of pyridine rings is 1. The van der Waals surface area contributed by atoms with Crippen LogP contribution in [0.1, 0.15) is 47.3 Å². The van der Waals surface area contributed by atoms with Crippen LogP contribution >= 0.6 is 0 Å². The molecule has 0 radical (unpaired) electrons. The molecule has 3 rings (SSSR count). The number of carbonyl (C=O) groups is 1. The summed E-state index contributed by atoms with van der Waals surface area (Å²) in [6, 6.07) is 8.85. The van der Waals surface area contributed by atoms with Gasteiger partial charge in [-0.15, -0.1) is 0 Å². The number of nitrogens with one attached hydrogen (secondary N) is 1. The van der Waals surface area contributed by atoms with Crippen LogP contribution in [0.5, 0.6) is 0 Å². The number of alkyl halides is 3. The minimum Gasteiger partial charge on any atom is -0.384 e. The van der Waals surface area contributed by atoms with Gasteiger partial charge in [-0.05, 0) is 36.6 Å². The Kier molecular flexibility index (Phi) is 4.89. The van der Waals surface area contributed by atoms with Crippen molar-refractivity contribution in [2.24, 2.45) is 5.73 Å². The lowest BCUT2D eigenvalue weighted by molar-refractivity contribution is -0.137. The highest BCUT2D eigenvalue weighted by molar-refractivity contribution is 5.91. The fraction of sp³-hybridized carbons (Fsp3) is 0.368. The third kappa shape index (κ3) is 3.81. The van der Waals surface area contributed by atoms with E-state index < -0.39 is 17.6 Å². The summed E-state index contributed by atoms with van der Waals surface area (Å²) in [7, 11) is 0. The van der Waals surface area contributed by atoms with E-state index in [0.717, 1.165) is 31.7 Å². The van der Waals surface area contributed by atoms with Crippen LogP contribution in [-0.2, 0) is 11.6 Å². The number of benzene rings is 1. The van der Waals surface area contributed by atoms with Crippen molar-refractivity contribution < 1.29 is 18.0 Å². The first kappa shape index (κ1) is 18.2. The summed E-state index contributed by atoms with van der Waals surface area (Å²) in [6.45, 7) is 0.483. The van der Waals surface area contributed by atoms with Crippen molar-refractivity contribution in [1.82, 2.24) is 4.98 Å². The van der Waals surface area contributed by atoms with Crippen LogP contribution in [0.3, 0.4) is 0 Å². The minimum atomic E-state index is -4.36. The van der Waals surface area contributed by atoms with Gasteiger partial charge in [0.15, 0.2) is 0 Å². The molecule has 0 unspecified atom stereocenters. The van der Waals surface area contributed by atoms with Crippen molar-refractivity contribution in [3.63, 3.8) is 0 Å². The zero-order valence-corrected chi connectivity index (χ0v) is 14.1. The summed E-state index contributed by atoms with van der Waals surface area (Å²) < 4.78 is 39.3. The van der Waals surface area contributed by atoms with Gasteiger partial charge in [-0.25, -0.2) is 0 Å². The summed E-state index contributed by atoms with van der Waals surface area (Å²) in [5.41, 5.74) is 5.77. The van der Waals surface area contributed by atoms with Crippen LogP contribution in [0.4, 0.5) is 18.9 Å². The van der Waals surface area contributed by atoms with Crippen molar-refractivity contribution in [1.29, 1.82) is 0 Å². The van der Waals surface area contributed by atoms with Crippen molar-refractivity contribution in [3.8, 4) is 0 Å². The third-order valence-electron chi connectivity index (χ3n) is 5.01. The molecule has 1 aromatic heterocycles. The lowest BCUT2D eigenvalue weighted by atomic mass is 9.78. The monoisotopic (exact) mass is 363 g/mol. The summed E-state index contributed by atoms with van der Waals surface area (Å²) in [5, 5.41) is 3.25. The maximum Gasteiger partial charge on any atom is 0.416 e. The van der Waals surface area contributed by atoms with E-state index in [2.05, 4.69) is 10.3 Å². The molecule has 7 heteroatoms. The standard InChI is InChI=1S/C19H20F3N3O/c20-19(21,22)14-5-3-4-13(10-14)18(7-1-2-8-18)12-25-15-6-9-24-16(11-15)17(23)26/h3-6,9-11H,1-2,7-8,12H2,(H2,23,26)(H,24,25). The predicted molar refractivity (Wildman–Crippen MR) is 92.8 cm³/mol. The van der Waals surface area contributed by atoms with Crippen LogP contribution in [0, 0.1) is 0 Å². The predicted octanol–water partition coefficient (Wildman–Crippen LogP) is 4.12. The number of primary amides is 1. The SMILES string of the molecule is NC(=O)c1cc(NCC2(c3cccc(C(F)(F)F)c3)CCCC2)ccn1. The van der Waals surface area contributed by atoms with E-state index in [1.165, 1.54) is 18.3 Å². The van der Waals surface area contributed by atoms with Gasteiger partial charge in [0.2, 0.25) is 0 Å². The second-order valence-electron chi connectivity index (χ2n) is 6.71. The molecule has 0 saturated heterocycles. The number of amides is 1. The quantitative estimate of drug-likeness (QED) is 0.840. The molecule has 0 aliphatic heterocycles. The number of carbonyl (C=O) groups excluding carboxylic acids is 1. The van der Waals surface area contributed by atoms with Gasteiger partial charge in [-0.1, -0.05) is 31.0 Å². The number of halogens is 3. The van der Waals surface area contributed by atoms with E-state index in [1.807, 2.05) is 0 Å². The molecular formula is C19H20F3N3O. The van der Waals surface area contributed by atoms with Gasteiger partial charge in [-0.2, -0.15) is 13.2 Å². The number of nitrogens with two attached hydrogens (primary N) is 1. The van der Waals surface area contributed by atoms with Crippen LogP contribution in [0.25, 0.3) is 0 Å². The maximum absolute atomic E-state index is 13.1. The highest BCUT2D eigenvalue weighted by Gasteiger charge is 2.38. The van der Waals surface area contributed by atoms with Gasteiger partial charge in [0.25, 0.3) is 5.91 Å². The van der Waals surface area contributed by atoms with Gasteiger partial charge in [0, 0.05) is 23.8 Å². The third-order valence-corrected chi connectivity index (χ3v) is 5.01. The van der Waals surface area contributed by atoms with Crippen molar-refractivity contribution in [2.75, 3.05) is 11.9 Å². The molecule has 0 bridgehead atoms. The molecule has 138 valence electrons. The largest absolute Gasteiger partial charge is 0.416 e. The fourth-order valence-electron chi connectivity index (χ4n) is 3.59. The number of rotatable bonds is 5. The molecule has 3 N–H and O–H groups in total. The lowest BCUT2D eigenvalue weighted by Crippen LogP contribution is -2.32. The number of anilines is 1. The molecule has 1 saturated carbocycles. The summed E-state index contributed by atoms with van der Waals surface area (Å²) >= 11 is 0. The van der Waals surface area contributed by atoms with Crippen LogP contribution < -0.4 is 11.1 Å². The van der Waals surface area contributed by atoms with Crippen molar-refractivity contribution in [2.45, 2.75) is 37.3 Å². The zero-order chi connectivity index (χ0) is 18.8. The molecule has 1 aliphatic carbocycles. The highest BCUT2D eigenvalue weighted by Crippen LogP contribution is 2.42. The van der Waals surface area contributed by atoms with Crippen LogP contribution in [0.2, 0.25) is 0 Å². The number of hydrogen-bond acceptors (Lipinski definition) is 3. The van der Waals surface area contributed by atoms with Crippen LogP contribution in [0.15, 0.2) is 42.6 Å². The van der Waals surface area contributed by atoms with E-state index in [4.69, 9.17) is 5.73 Å². The zero-order valence-electron chi connectivity index (χ0n) is 14.1. The Labute approximate surface area is 149 Å². The van der Waals surface area contributed by atoms with E-state index in [9.17, 15) is 18.0 Å². The number of aromatic nitrogens is 1. The molecule has 4 nitrogen and oxygen atoms in total. The normalized spacial score (nSPS) is 16.4. The van der Waals surface area contributed by atoms with Crippen molar-refractivity contribution in [3.05, 3.63) is 59.4 Å². The van der Waals surface area contributed by atoms with E-state index >= 15 is 0 Å². The Morgan fingerprint density at radius 1 is 1.19 bits per heavy atom. The molecule has 0 spiro atoms. The first-order chi connectivity index (χ1) is 12.3. The van der Waals surface area contributed by atoms with E-state index in [0.29, 0.717) is 17.8 Å². The Morgan fingerprint density at radius 3 is 2.58 bits per heavy atom. The minimum absolute atomic E-state index is 0.148. The molecular weight excluding hydrogens is 343 g/mol. The second kappa shape index (κ2) is 6.97. The Morgan fingerprint density at radius 2 is 1.92 bits per heavy atom. The number of nitrogens with zero attached hydrogens (tertiary/aromatic N) is 1. The second-order valence-corrected chi connectivity index (χ2v) is 6.71. The molecule has 1 amide bonds. The summed E-state index contributed by atoms with van der Waals surface area (Å²) in [5.74, 6) is -0.623. The molecule has 0 atom stereocenters.